The van der Waals surface area contributed by atoms with E-state index in [1.54, 1.807) is 27.7 Å². The first-order chi connectivity index (χ1) is 16.5. The van der Waals surface area contributed by atoms with Gasteiger partial charge in [0.2, 0.25) is 0 Å². The van der Waals surface area contributed by atoms with Crippen molar-refractivity contribution in [3.8, 4) is 0 Å². The molecule has 9 atom stereocenters. The summed E-state index contributed by atoms with van der Waals surface area (Å²) in [6.07, 6.45) is -5.08. The Morgan fingerprint density at radius 2 is 1.58 bits per heavy atom. The van der Waals surface area contributed by atoms with Crippen molar-refractivity contribution in [1.82, 2.24) is 0 Å². The van der Waals surface area contributed by atoms with Gasteiger partial charge in [0.15, 0.2) is 11.7 Å². The number of hydrogen-bond donors (Lipinski definition) is 3. The molecule has 3 N–H and O–H groups in total. The predicted octanol–water partition coefficient (Wildman–Crippen LogP) is 1.18. The van der Waals surface area contributed by atoms with Gasteiger partial charge in [-0.15, -0.1) is 0 Å². The van der Waals surface area contributed by atoms with E-state index >= 15 is 0 Å². The molecule has 1 aliphatic heterocycles. The van der Waals surface area contributed by atoms with E-state index in [0.717, 1.165) is 0 Å². The molecule has 0 spiro atoms. The largest absolute Gasteiger partial charge is 0.458 e. The summed E-state index contributed by atoms with van der Waals surface area (Å²) < 4.78 is 22.9. The van der Waals surface area contributed by atoms with Gasteiger partial charge in [-0.2, -0.15) is 0 Å². The van der Waals surface area contributed by atoms with Crippen LogP contribution in [0.5, 0.6) is 0 Å². The second-order valence-corrected chi connectivity index (χ2v) is 11.8. The third-order valence-corrected chi connectivity index (χ3v) is 9.50. The summed E-state index contributed by atoms with van der Waals surface area (Å²) in [4.78, 5) is 36.5. The molecule has 10 nitrogen and oxygen atoms in total. The van der Waals surface area contributed by atoms with Crippen LogP contribution in [0.4, 0.5) is 0 Å². The molecule has 3 fully saturated rings. The SMILES string of the molecule is CC(=O)O[C@@H]1C[C@]2(O)C[C@H]3[C@]4(OC(C)=O)CO[C@@H]4C[C@H](O)[C@]3(C)[C@@H](O)[C@@H](OC(C)=O)C(=C1C)C2(C)C. The third-order valence-electron chi connectivity index (χ3n) is 9.50. The van der Waals surface area contributed by atoms with Crippen molar-refractivity contribution in [2.75, 3.05) is 6.61 Å². The highest BCUT2D eigenvalue weighted by atomic mass is 16.6. The topological polar surface area (TPSA) is 149 Å². The number of hydrogen-bond acceptors (Lipinski definition) is 10. The lowest BCUT2D eigenvalue weighted by Gasteiger charge is -2.67. The van der Waals surface area contributed by atoms with E-state index in [-0.39, 0.29) is 25.9 Å². The molecule has 3 aliphatic carbocycles. The first kappa shape index (κ1) is 27.0. The monoisotopic (exact) mass is 510 g/mol. The fourth-order valence-electron chi connectivity index (χ4n) is 7.41. The summed E-state index contributed by atoms with van der Waals surface area (Å²) in [6, 6.07) is 0. The highest BCUT2D eigenvalue weighted by molar-refractivity contribution is 5.68. The van der Waals surface area contributed by atoms with Crippen LogP contribution >= 0.6 is 0 Å². The number of esters is 3. The fraction of sp³-hybridized carbons (Fsp3) is 0.808. The molecule has 0 aromatic heterocycles. The third kappa shape index (κ3) is 3.63. The van der Waals surface area contributed by atoms with Crippen LogP contribution in [-0.2, 0) is 33.3 Å². The molecule has 1 heterocycles. The van der Waals surface area contributed by atoms with E-state index in [1.165, 1.54) is 20.8 Å². The number of ether oxygens (including phenoxy) is 4. The van der Waals surface area contributed by atoms with Crippen molar-refractivity contribution in [1.29, 1.82) is 0 Å². The Balaban J connectivity index is 1.99. The molecule has 2 saturated carbocycles. The van der Waals surface area contributed by atoms with Gasteiger partial charge in [-0.05, 0) is 24.5 Å². The summed E-state index contributed by atoms with van der Waals surface area (Å²) in [6.45, 7) is 10.8. The van der Waals surface area contributed by atoms with Gasteiger partial charge in [0, 0.05) is 50.4 Å². The molecule has 0 radical (unpaired) electrons. The number of carbonyl (C=O) groups excluding carboxylic acids is 3. The molecular formula is C26H38O10. The van der Waals surface area contributed by atoms with Crippen molar-refractivity contribution in [2.24, 2.45) is 16.7 Å². The molecule has 10 heteroatoms. The predicted molar refractivity (Wildman–Crippen MR) is 124 cm³/mol. The molecule has 36 heavy (non-hydrogen) atoms. The Morgan fingerprint density at radius 1 is 0.972 bits per heavy atom. The molecule has 202 valence electrons. The van der Waals surface area contributed by atoms with Crippen LogP contribution in [0.3, 0.4) is 0 Å². The summed E-state index contributed by atoms with van der Waals surface area (Å²) >= 11 is 0. The van der Waals surface area contributed by atoms with Gasteiger partial charge in [0.25, 0.3) is 0 Å². The smallest absolute Gasteiger partial charge is 0.303 e. The van der Waals surface area contributed by atoms with E-state index < -0.39 is 76.4 Å². The molecule has 0 amide bonds. The van der Waals surface area contributed by atoms with Crippen molar-refractivity contribution in [2.45, 2.75) is 109 Å². The van der Waals surface area contributed by atoms with Crippen LogP contribution < -0.4 is 0 Å². The minimum absolute atomic E-state index is 0.0130. The lowest BCUT2D eigenvalue weighted by atomic mass is 9.45. The van der Waals surface area contributed by atoms with Gasteiger partial charge < -0.3 is 34.3 Å². The minimum Gasteiger partial charge on any atom is -0.458 e. The van der Waals surface area contributed by atoms with Crippen molar-refractivity contribution < 1.29 is 48.7 Å². The second kappa shape index (κ2) is 8.51. The van der Waals surface area contributed by atoms with Gasteiger partial charge in [0.1, 0.15) is 18.3 Å². The van der Waals surface area contributed by atoms with Crippen molar-refractivity contribution >= 4 is 17.9 Å². The first-order valence-electron chi connectivity index (χ1n) is 12.5. The molecular weight excluding hydrogens is 472 g/mol. The summed E-state index contributed by atoms with van der Waals surface area (Å²) in [5.74, 6) is -2.51. The number of carbonyl (C=O) groups is 3. The van der Waals surface area contributed by atoms with Gasteiger partial charge >= 0.3 is 17.9 Å². The summed E-state index contributed by atoms with van der Waals surface area (Å²) in [5.41, 5.74) is -4.10. The molecule has 0 unspecified atom stereocenters. The zero-order chi connectivity index (χ0) is 27.0. The number of aliphatic hydroxyl groups excluding tert-OH is 2. The van der Waals surface area contributed by atoms with Crippen LogP contribution in [0.1, 0.15) is 67.7 Å². The van der Waals surface area contributed by atoms with Crippen LogP contribution in [0, 0.1) is 16.7 Å². The number of fused-ring (bicyclic) bond motifs is 5. The maximum Gasteiger partial charge on any atom is 0.303 e. The Morgan fingerprint density at radius 3 is 2.08 bits per heavy atom. The maximum atomic E-state index is 12.4. The Hall–Kier alpha value is -2.01. The number of aliphatic hydroxyl groups is 3. The zero-order valence-electron chi connectivity index (χ0n) is 22.0. The van der Waals surface area contributed by atoms with E-state index in [1.807, 2.05) is 0 Å². The average Bonchev–Trinajstić information content (AvgIpc) is 2.73. The minimum atomic E-state index is -1.54. The Labute approximate surface area is 210 Å². The molecule has 1 saturated heterocycles. The highest BCUT2D eigenvalue weighted by Gasteiger charge is 2.73. The first-order valence-corrected chi connectivity index (χ1v) is 12.5. The summed E-state index contributed by atoms with van der Waals surface area (Å²) in [5, 5.41) is 35.8. The highest BCUT2D eigenvalue weighted by Crippen LogP contribution is 2.64. The fourth-order valence-corrected chi connectivity index (χ4v) is 7.41. The second-order valence-electron chi connectivity index (χ2n) is 11.8. The zero-order valence-corrected chi connectivity index (χ0v) is 22.0. The lowest BCUT2D eigenvalue weighted by molar-refractivity contribution is -0.346. The van der Waals surface area contributed by atoms with Gasteiger partial charge in [0.05, 0.1) is 18.3 Å². The van der Waals surface area contributed by atoms with E-state index in [0.29, 0.717) is 11.1 Å². The number of rotatable bonds is 3. The normalized spacial score (nSPS) is 45.2. The van der Waals surface area contributed by atoms with Gasteiger partial charge in [-0.1, -0.05) is 20.8 Å². The maximum absolute atomic E-state index is 12.4. The standard InChI is InChI=1S/C26H38O10/c1-12-16(34-13(2)27)9-25(32)10-17-24(7,18(30)8-19-26(17,11-33-19)36-15(4)29)22(31)21(35-14(3)28)20(12)23(25,5)6/h16-19,21-22,30-32H,8-11H2,1-7H3/t16-,17-,18+,19-,21+,22+,24-,25+,26-/m1/s1. The van der Waals surface area contributed by atoms with Crippen LogP contribution in [-0.4, -0.2) is 81.6 Å². The molecule has 0 aromatic rings. The molecule has 2 bridgehead atoms. The van der Waals surface area contributed by atoms with E-state index in [2.05, 4.69) is 0 Å². The summed E-state index contributed by atoms with van der Waals surface area (Å²) in [7, 11) is 0. The van der Waals surface area contributed by atoms with E-state index in [9.17, 15) is 29.7 Å². The van der Waals surface area contributed by atoms with Gasteiger partial charge in [-0.3, -0.25) is 14.4 Å². The van der Waals surface area contributed by atoms with Crippen LogP contribution in [0.15, 0.2) is 11.1 Å². The quantitative estimate of drug-likeness (QED) is 0.287. The molecule has 0 aromatic carbocycles. The van der Waals surface area contributed by atoms with Crippen molar-refractivity contribution in [3.05, 3.63) is 11.1 Å². The van der Waals surface area contributed by atoms with Crippen LogP contribution in [0.2, 0.25) is 0 Å². The Bertz CT molecular complexity index is 1000. The molecule has 4 aliphatic rings. The molecule has 4 rings (SSSR count). The average molecular weight is 511 g/mol. The lowest BCUT2D eigenvalue weighted by Crippen LogP contribution is -2.78. The van der Waals surface area contributed by atoms with Crippen molar-refractivity contribution in [3.63, 3.8) is 0 Å². The Kier molecular flexibility index (Phi) is 6.39. The van der Waals surface area contributed by atoms with Crippen LogP contribution in [0.25, 0.3) is 0 Å². The van der Waals surface area contributed by atoms with Gasteiger partial charge in [-0.25, -0.2) is 0 Å². The van der Waals surface area contributed by atoms with E-state index in [4.69, 9.17) is 18.9 Å².